The molecule has 2 aliphatic rings. The molecule has 0 bridgehead atoms. The van der Waals surface area contributed by atoms with Crippen LogP contribution in [0.2, 0.25) is 0 Å². The number of aryl methyl sites for hydroxylation is 1. The molecule has 1 spiro atoms. The molecule has 2 aromatic carbocycles. The monoisotopic (exact) mass is 604 g/mol. The summed E-state index contributed by atoms with van der Waals surface area (Å²) in [5.41, 5.74) is 3.00. The first-order valence-corrected chi connectivity index (χ1v) is 15.8. The van der Waals surface area contributed by atoms with Gasteiger partial charge in [-0.05, 0) is 61.9 Å². The highest BCUT2D eigenvalue weighted by atomic mass is 16.5. The smallest absolute Gasteiger partial charge is 0.272 e. The van der Waals surface area contributed by atoms with Crippen molar-refractivity contribution in [1.82, 2.24) is 24.8 Å². The number of likely N-dealkylation sites (tertiary alicyclic amines) is 1. The van der Waals surface area contributed by atoms with Gasteiger partial charge in [-0.15, -0.1) is 0 Å². The van der Waals surface area contributed by atoms with E-state index in [2.05, 4.69) is 19.9 Å². The number of benzene rings is 2. The number of amides is 2. The van der Waals surface area contributed by atoms with Gasteiger partial charge in [0.1, 0.15) is 17.3 Å². The Hall–Kier alpha value is -4.79. The molecule has 0 radical (unpaired) electrons. The summed E-state index contributed by atoms with van der Waals surface area (Å²) in [6, 6.07) is 21.4. The van der Waals surface area contributed by atoms with E-state index < -0.39 is 0 Å². The second-order valence-corrected chi connectivity index (χ2v) is 12.2. The van der Waals surface area contributed by atoms with Gasteiger partial charge in [-0.1, -0.05) is 48.5 Å². The third kappa shape index (κ3) is 7.30. The third-order valence-corrected chi connectivity index (χ3v) is 9.05. The van der Waals surface area contributed by atoms with Crippen LogP contribution in [0.25, 0.3) is 0 Å². The Morgan fingerprint density at radius 2 is 1.64 bits per heavy atom. The average Bonchev–Trinajstić information content (AvgIpc) is 3.10. The molecule has 2 aromatic heterocycles. The molecule has 0 N–H and O–H groups in total. The van der Waals surface area contributed by atoms with Gasteiger partial charge in [-0.3, -0.25) is 19.6 Å². The molecule has 0 unspecified atom stereocenters. The molecule has 45 heavy (non-hydrogen) atoms. The van der Waals surface area contributed by atoms with Crippen molar-refractivity contribution < 1.29 is 14.3 Å². The van der Waals surface area contributed by atoms with E-state index in [4.69, 9.17) is 4.74 Å². The lowest BCUT2D eigenvalue weighted by atomic mass is 9.75. The van der Waals surface area contributed by atoms with Gasteiger partial charge in [0.25, 0.3) is 11.8 Å². The molecule has 6 rings (SSSR count). The predicted molar refractivity (Wildman–Crippen MR) is 173 cm³/mol. The molecule has 4 aromatic rings. The predicted octanol–water partition coefficient (Wildman–Crippen LogP) is 5.42. The van der Waals surface area contributed by atoms with E-state index in [1.165, 1.54) is 0 Å². The molecule has 0 atom stereocenters. The minimum absolute atomic E-state index is 0.0290. The molecule has 232 valence electrons. The summed E-state index contributed by atoms with van der Waals surface area (Å²) in [5.74, 6) is 1.31. The summed E-state index contributed by atoms with van der Waals surface area (Å²) in [6.07, 6.45) is 10.4. The largest absolute Gasteiger partial charge is 0.492 e. The number of fused-ring (bicyclic) bond motifs is 1. The Kier molecular flexibility index (Phi) is 9.33. The standard InChI is InChI=1S/C36H40N6O3/c1-28-12-13-31(39-24-28)35(44)41-20-15-36(16-21-41)14-7-19-40(33-25-37-17-18-38-33)22-23-42(26-29-8-3-2-4-9-29)34(43)30-10-5-6-11-32(30)45-27-36/h2-6,8-13,17-18,24-25H,7,14-16,19-23,26-27H2,1H3. The van der Waals surface area contributed by atoms with E-state index in [-0.39, 0.29) is 17.2 Å². The Bertz CT molecular complexity index is 1570. The van der Waals surface area contributed by atoms with Crippen LogP contribution in [0.5, 0.6) is 5.75 Å². The number of rotatable bonds is 4. The quantitative estimate of drug-likeness (QED) is 0.307. The second-order valence-electron chi connectivity index (χ2n) is 12.2. The number of para-hydroxylation sites is 1. The maximum absolute atomic E-state index is 14.2. The van der Waals surface area contributed by atoms with Crippen LogP contribution < -0.4 is 9.64 Å². The molecule has 9 nitrogen and oxygen atoms in total. The van der Waals surface area contributed by atoms with Crippen LogP contribution in [0, 0.1) is 12.3 Å². The van der Waals surface area contributed by atoms with E-state index in [1.807, 2.05) is 77.4 Å². The fourth-order valence-corrected chi connectivity index (χ4v) is 6.32. The highest BCUT2D eigenvalue weighted by molar-refractivity contribution is 5.97. The first kappa shape index (κ1) is 30.2. The van der Waals surface area contributed by atoms with Crippen molar-refractivity contribution >= 4 is 17.6 Å². The highest BCUT2D eigenvalue weighted by Gasteiger charge is 2.37. The molecular weight excluding hydrogens is 564 g/mol. The summed E-state index contributed by atoms with van der Waals surface area (Å²) in [4.78, 5) is 46.8. The molecule has 4 heterocycles. The van der Waals surface area contributed by atoms with Crippen LogP contribution in [-0.2, 0) is 6.54 Å². The summed E-state index contributed by atoms with van der Waals surface area (Å²) in [6.45, 7) is 6.13. The maximum atomic E-state index is 14.2. The third-order valence-electron chi connectivity index (χ3n) is 9.05. The van der Waals surface area contributed by atoms with E-state index in [9.17, 15) is 9.59 Å². The topological polar surface area (TPSA) is 91.8 Å². The fraction of sp³-hybridized carbons (Fsp3) is 0.361. The van der Waals surface area contributed by atoms with Crippen molar-refractivity contribution in [2.75, 3.05) is 44.2 Å². The number of ether oxygens (including phenoxy) is 1. The minimum Gasteiger partial charge on any atom is -0.492 e. The number of piperidine rings is 1. The van der Waals surface area contributed by atoms with E-state index in [0.29, 0.717) is 56.3 Å². The van der Waals surface area contributed by atoms with Crippen molar-refractivity contribution in [2.24, 2.45) is 5.41 Å². The van der Waals surface area contributed by atoms with Crippen LogP contribution in [-0.4, -0.2) is 75.9 Å². The average molecular weight is 605 g/mol. The molecule has 2 aliphatic heterocycles. The molecule has 0 saturated carbocycles. The number of hydrogen-bond donors (Lipinski definition) is 0. The molecule has 1 fully saturated rings. The summed E-state index contributed by atoms with van der Waals surface area (Å²) < 4.78 is 6.57. The van der Waals surface area contributed by atoms with Gasteiger partial charge >= 0.3 is 0 Å². The summed E-state index contributed by atoms with van der Waals surface area (Å²) >= 11 is 0. The van der Waals surface area contributed by atoms with Crippen LogP contribution in [0.4, 0.5) is 5.82 Å². The zero-order chi connectivity index (χ0) is 31.1. The molecule has 0 aliphatic carbocycles. The first-order chi connectivity index (χ1) is 22.0. The van der Waals surface area contributed by atoms with Gasteiger partial charge < -0.3 is 19.4 Å². The van der Waals surface area contributed by atoms with Crippen molar-refractivity contribution in [2.45, 2.75) is 39.2 Å². The van der Waals surface area contributed by atoms with Crippen LogP contribution in [0.3, 0.4) is 0 Å². The molecule has 2 amide bonds. The van der Waals surface area contributed by atoms with Crippen LogP contribution in [0.1, 0.15) is 57.7 Å². The lowest BCUT2D eigenvalue weighted by Gasteiger charge is -2.42. The fourth-order valence-electron chi connectivity index (χ4n) is 6.32. The highest BCUT2D eigenvalue weighted by Crippen LogP contribution is 2.38. The van der Waals surface area contributed by atoms with Crippen LogP contribution >= 0.6 is 0 Å². The van der Waals surface area contributed by atoms with Crippen molar-refractivity contribution in [3.05, 3.63) is 114 Å². The van der Waals surface area contributed by atoms with Gasteiger partial charge in [0.15, 0.2) is 0 Å². The van der Waals surface area contributed by atoms with E-state index >= 15 is 0 Å². The molecular formula is C36H40N6O3. The van der Waals surface area contributed by atoms with Crippen LogP contribution in [0.15, 0.2) is 91.5 Å². The molecule has 1 saturated heterocycles. The lowest BCUT2D eigenvalue weighted by Crippen LogP contribution is -2.46. The van der Waals surface area contributed by atoms with Crippen molar-refractivity contribution in [1.29, 1.82) is 0 Å². The normalized spacial score (nSPS) is 17.4. The Morgan fingerprint density at radius 1 is 0.844 bits per heavy atom. The Morgan fingerprint density at radius 3 is 2.40 bits per heavy atom. The zero-order valence-corrected chi connectivity index (χ0v) is 25.8. The maximum Gasteiger partial charge on any atom is 0.272 e. The Balaban J connectivity index is 1.26. The second kappa shape index (κ2) is 13.9. The first-order valence-electron chi connectivity index (χ1n) is 15.8. The summed E-state index contributed by atoms with van der Waals surface area (Å²) in [5, 5.41) is 0. The van der Waals surface area contributed by atoms with Gasteiger partial charge in [0, 0.05) is 63.3 Å². The number of carbonyl (C=O) groups is 2. The van der Waals surface area contributed by atoms with Gasteiger partial charge in [0.2, 0.25) is 0 Å². The SMILES string of the molecule is Cc1ccc(C(=O)N2CCC3(CCCN(c4cnccn4)CCN(Cc4ccccc4)C(=O)c4ccccc4OC3)CC2)nc1. The summed E-state index contributed by atoms with van der Waals surface area (Å²) in [7, 11) is 0. The van der Waals surface area contributed by atoms with E-state index in [1.54, 1.807) is 30.9 Å². The number of anilines is 1. The Labute approximate surface area is 264 Å². The number of hydrogen-bond acceptors (Lipinski definition) is 7. The zero-order valence-electron chi connectivity index (χ0n) is 25.8. The van der Waals surface area contributed by atoms with Crippen molar-refractivity contribution in [3.8, 4) is 5.75 Å². The molecule has 9 heteroatoms. The van der Waals surface area contributed by atoms with Gasteiger partial charge in [-0.2, -0.15) is 0 Å². The van der Waals surface area contributed by atoms with Gasteiger partial charge in [0.05, 0.1) is 18.4 Å². The number of carbonyl (C=O) groups excluding carboxylic acids is 2. The minimum atomic E-state index is -0.139. The number of pyridine rings is 1. The lowest BCUT2D eigenvalue weighted by molar-refractivity contribution is 0.0360. The van der Waals surface area contributed by atoms with Gasteiger partial charge in [-0.25, -0.2) is 4.98 Å². The number of nitrogens with zero attached hydrogens (tertiary/aromatic N) is 6. The van der Waals surface area contributed by atoms with E-state index in [0.717, 1.165) is 49.2 Å². The van der Waals surface area contributed by atoms with Crippen molar-refractivity contribution in [3.63, 3.8) is 0 Å². The number of aromatic nitrogens is 3.